The van der Waals surface area contributed by atoms with E-state index < -0.39 is 11.6 Å². The lowest BCUT2D eigenvalue weighted by atomic mass is 9.71. The minimum atomic E-state index is -0.742. The van der Waals surface area contributed by atoms with Gasteiger partial charge in [-0.2, -0.15) is 5.10 Å². The Labute approximate surface area is 189 Å². The summed E-state index contributed by atoms with van der Waals surface area (Å²) in [7, 11) is 0. The van der Waals surface area contributed by atoms with Crippen LogP contribution in [0.2, 0.25) is 5.02 Å². The molecule has 166 valence electrons. The van der Waals surface area contributed by atoms with Crippen LogP contribution in [0.4, 0.5) is 10.5 Å². The van der Waals surface area contributed by atoms with Gasteiger partial charge < -0.3 is 21.7 Å². The third kappa shape index (κ3) is 4.52. The number of nitrogens with one attached hydrogen (secondary N) is 4. The molecule has 9 nitrogen and oxygen atoms in total. The highest BCUT2D eigenvalue weighted by Crippen LogP contribution is 2.41. The van der Waals surface area contributed by atoms with Gasteiger partial charge in [-0.15, -0.1) is 0 Å². The second-order valence-corrected chi connectivity index (χ2v) is 8.25. The molecule has 4 amide bonds. The first-order valence-electron chi connectivity index (χ1n) is 10.2. The fourth-order valence-electron chi connectivity index (χ4n) is 3.92. The number of carbonyl (C=O) groups excluding carboxylic acids is 3. The minimum absolute atomic E-state index is 0.130. The number of primary amides is 1. The summed E-state index contributed by atoms with van der Waals surface area (Å²) in [6.45, 7) is -0.168. The molecule has 0 spiro atoms. The summed E-state index contributed by atoms with van der Waals surface area (Å²) in [6.07, 6.45) is 2.72. The summed E-state index contributed by atoms with van der Waals surface area (Å²) in [5.41, 5.74) is 7.48. The van der Waals surface area contributed by atoms with Gasteiger partial charge in [0.15, 0.2) is 0 Å². The zero-order valence-electron chi connectivity index (χ0n) is 17.2. The molecule has 32 heavy (non-hydrogen) atoms. The number of para-hydroxylation sites is 1. The quantitative estimate of drug-likeness (QED) is 0.374. The fraction of sp³-hybridized carbons (Fsp3) is 0.273. The molecule has 2 aromatic carbocycles. The smallest absolute Gasteiger partial charge is 0.312 e. The molecule has 0 saturated heterocycles. The lowest BCUT2D eigenvalue weighted by Gasteiger charge is -2.43. The summed E-state index contributed by atoms with van der Waals surface area (Å²) < 4.78 is 0. The number of halogens is 1. The molecule has 1 fully saturated rings. The monoisotopic (exact) mass is 454 g/mol. The first-order chi connectivity index (χ1) is 15.4. The molecular weight excluding hydrogens is 432 g/mol. The molecule has 0 unspecified atom stereocenters. The summed E-state index contributed by atoms with van der Waals surface area (Å²) in [4.78, 5) is 35.5. The van der Waals surface area contributed by atoms with Crippen LogP contribution >= 0.6 is 11.6 Å². The average Bonchev–Trinajstić information content (AvgIpc) is 3.14. The maximum absolute atomic E-state index is 12.5. The zero-order valence-corrected chi connectivity index (χ0v) is 18.0. The molecule has 1 aliphatic rings. The molecule has 1 heterocycles. The van der Waals surface area contributed by atoms with Crippen molar-refractivity contribution in [3.8, 4) is 0 Å². The number of nitrogens with two attached hydrogens (primary N) is 1. The number of anilines is 1. The van der Waals surface area contributed by atoms with Crippen LogP contribution in [-0.4, -0.2) is 34.6 Å². The molecule has 4 rings (SSSR count). The van der Waals surface area contributed by atoms with E-state index >= 15 is 0 Å². The van der Waals surface area contributed by atoms with Crippen LogP contribution in [-0.2, 0) is 21.5 Å². The van der Waals surface area contributed by atoms with E-state index in [4.69, 9.17) is 17.3 Å². The number of fused-ring (bicyclic) bond motifs is 1. The van der Waals surface area contributed by atoms with Crippen molar-refractivity contribution in [1.29, 1.82) is 0 Å². The number of aromatic nitrogens is 2. The van der Waals surface area contributed by atoms with E-state index in [2.05, 4.69) is 26.1 Å². The first-order valence-corrected chi connectivity index (χ1v) is 10.6. The maximum atomic E-state index is 12.5. The number of urea groups is 1. The van der Waals surface area contributed by atoms with Crippen LogP contribution in [0.1, 0.15) is 30.5 Å². The molecule has 1 aliphatic carbocycles. The van der Waals surface area contributed by atoms with Gasteiger partial charge in [-0.25, -0.2) is 4.79 Å². The van der Waals surface area contributed by atoms with Crippen LogP contribution in [0.3, 0.4) is 0 Å². The summed E-state index contributed by atoms with van der Waals surface area (Å²) in [5.74, 6) is -0.486. The van der Waals surface area contributed by atoms with E-state index in [-0.39, 0.29) is 24.8 Å². The third-order valence-corrected chi connectivity index (χ3v) is 5.99. The van der Waals surface area contributed by atoms with Crippen LogP contribution < -0.4 is 21.7 Å². The van der Waals surface area contributed by atoms with Crippen molar-refractivity contribution in [3.63, 3.8) is 0 Å². The Kier molecular flexibility index (Phi) is 6.00. The van der Waals surface area contributed by atoms with E-state index in [0.717, 1.165) is 30.2 Å². The fourth-order valence-corrected chi connectivity index (χ4v) is 4.14. The Morgan fingerprint density at radius 2 is 1.84 bits per heavy atom. The molecule has 0 radical (unpaired) electrons. The van der Waals surface area contributed by atoms with Gasteiger partial charge in [0.05, 0.1) is 29.2 Å². The highest BCUT2D eigenvalue weighted by molar-refractivity contribution is 6.35. The molecule has 6 N–H and O–H groups in total. The third-order valence-electron chi connectivity index (χ3n) is 5.68. The predicted octanol–water partition coefficient (Wildman–Crippen LogP) is 2.56. The largest absolute Gasteiger partial charge is 0.352 e. The van der Waals surface area contributed by atoms with Crippen molar-refractivity contribution in [2.45, 2.75) is 31.2 Å². The Hall–Kier alpha value is -3.59. The Morgan fingerprint density at radius 1 is 1.09 bits per heavy atom. The summed E-state index contributed by atoms with van der Waals surface area (Å²) in [6, 6.07) is 12.1. The number of aromatic amines is 1. The van der Waals surface area contributed by atoms with Crippen molar-refractivity contribution in [2.24, 2.45) is 5.73 Å². The number of benzene rings is 2. The number of amides is 4. The minimum Gasteiger partial charge on any atom is -0.352 e. The van der Waals surface area contributed by atoms with Crippen molar-refractivity contribution in [3.05, 3.63) is 58.7 Å². The molecular formula is C22H23ClN6O3. The summed E-state index contributed by atoms with van der Waals surface area (Å²) >= 11 is 6.13. The number of carbonyl (C=O) groups is 3. The van der Waals surface area contributed by atoms with Gasteiger partial charge in [0.25, 0.3) is 0 Å². The highest BCUT2D eigenvalue weighted by atomic mass is 35.5. The van der Waals surface area contributed by atoms with Crippen molar-refractivity contribution in [1.82, 2.24) is 20.8 Å². The second-order valence-electron chi connectivity index (χ2n) is 7.84. The number of H-pyrrole nitrogens is 1. The van der Waals surface area contributed by atoms with Gasteiger partial charge in [0.2, 0.25) is 11.8 Å². The average molecular weight is 455 g/mol. The van der Waals surface area contributed by atoms with Gasteiger partial charge in [-0.1, -0.05) is 35.9 Å². The lowest BCUT2D eigenvalue weighted by Crippen LogP contribution is -2.53. The Morgan fingerprint density at radius 3 is 2.50 bits per heavy atom. The number of nitrogens with zero attached hydrogens (tertiary/aromatic N) is 1. The Balaban J connectivity index is 1.39. The number of rotatable bonds is 7. The van der Waals surface area contributed by atoms with E-state index in [1.165, 1.54) is 0 Å². The van der Waals surface area contributed by atoms with Gasteiger partial charge in [0.1, 0.15) is 5.52 Å². The standard InChI is InChI=1S/C22H23ClN6O3/c23-16-4-1-3-15-17(28-29-20(15)16)11-18(30)26-14-7-5-13(6-8-14)22(9-2-10-22)27-19(31)12-25-21(24)32/h1,3-8H,2,9-12H2,(H,26,30)(H,27,31)(H,28,29)(H3,24,25,32). The van der Waals surface area contributed by atoms with Crippen molar-refractivity contribution >= 4 is 46.0 Å². The number of hydrogen-bond acceptors (Lipinski definition) is 4. The van der Waals surface area contributed by atoms with Crippen LogP contribution in [0, 0.1) is 0 Å². The topological polar surface area (TPSA) is 142 Å². The van der Waals surface area contributed by atoms with Gasteiger partial charge in [-0.05, 0) is 43.0 Å². The number of hydrogen-bond donors (Lipinski definition) is 5. The predicted molar refractivity (Wildman–Crippen MR) is 121 cm³/mol. The molecule has 1 saturated carbocycles. The van der Waals surface area contributed by atoms with Crippen LogP contribution in [0.25, 0.3) is 10.9 Å². The SMILES string of the molecule is NC(=O)NCC(=O)NC1(c2ccc(NC(=O)Cc3[nH]nc4c(Cl)cccc34)cc2)CCC1. The molecule has 0 aliphatic heterocycles. The molecule has 0 bridgehead atoms. The van der Waals surface area contributed by atoms with E-state index in [1.54, 1.807) is 6.07 Å². The van der Waals surface area contributed by atoms with Crippen molar-refractivity contribution < 1.29 is 14.4 Å². The van der Waals surface area contributed by atoms with Crippen molar-refractivity contribution in [2.75, 3.05) is 11.9 Å². The lowest BCUT2D eigenvalue weighted by molar-refractivity contribution is -0.123. The molecule has 1 aromatic heterocycles. The molecule has 3 aromatic rings. The van der Waals surface area contributed by atoms with E-state index in [0.29, 0.717) is 21.9 Å². The highest BCUT2D eigenvalue weighted by Gasteiger charge is 2.39. The van der Waals surface area contributed by atoms with Gasteiger partial charge in [0, 0.05) is 11.1 Å². The van der Waals surface area contributed by atoms with E-state index in [9.17, 15) is 14.4 Å². The van der Waals surface area contributed by atoms with Crippen LogP contribution in [0.15, 0.2) is 42.5 Å². The second kappa shape index (κ2) is 8.88. The van der Waals surface area contributed by atoms with Gasteiger partial charge in [-0.3, -0.25) is 14.7 Å². The first kappa shape index (κ1) is 21.6. The molecule has 10 heteroatoms. The summed E-state index contributed by atoms with van der Waals surface area (Å²) in [5, 5.41) is 16.6. The van der Waals surface area contributed by atoms with Crippen LogP contribution in [0.5, 0.6) is 0 Å². The molecule has 0 atom stereocenters. The Bertz CT molecular complexity index is 1170. The van der Waals surface area contributed by atoms with Gasteiger partial charge >= 0.3 is 6.03 Å². The normalized spacial score (nSPS) is 14.4. The maximum Gasteiger partial charge on any atom is 0.312 e. The van der Waals surface area contributed by atoms with E-state index in [1.807, 2.05) is 36.4 Å². The zero-order chi connectivity index (χ0) is 22.7.